The lowest BCUT2D eigenvalue weighted by atomic mass is 9.96. The molecular weight excluding hydrogens is 164 g/mol. The Hall–Kier alpha value is -0.790. The fraction of sp³-hybridized carbons (Fsp3) is 0.636. The van der Waals surface area contributed by atoms with E-state index >= 15 is 0 Å². The molecule has 0 bridgehead atoms. The third-order valence-electron chi connectivity index (χ3n) is 1.50. The number of rotatable bonds is 4. The fourth-order valence-corrected chi connectivity index (χ4v) is 1.23. The minimum Gasteiger partial charge on any atom is -0.456 e. The van der Waals surface area contributed by atoms with Crippen molar-refractivity contribution < 1.29 is 9.53 Å². The lowest BCUT2D eigenvalue weighted by Crippen LogP contribution is -2.29. The highest BCUT2D eigenvalue weighted by molar-refractivity contribution is 5.87. The number of hydrogen-bond donors (Lipinski definition) is 0. The van der Waals surface area contributed by atoms with Crippen LogP contribution in [0.25, 0.3) is 0 Å². The molecule has 0 unspecified atom stereocenters. The molecule has 0 fully saturated rings. The number of carbonyl (C=O) groups excluding carboxylic acids is 1. The molecule has 0 heterocycles. The Labute approximate surface area is 81.0 Å². The Balaban J connectivity index is 4.16. The monoisotopic (exact) mass is 183 g/mol. The number of ether oxygens (including phenoxy) is 1. The molecule has 0 aliphatic heterocycles. The molecule has 0 rings (SSSR count). The van der Waals surface area contributed by atoms with Crippen LogP contribution >= 0.6 is 0 Å². The first-order chi connectivity index (χ1) is 5.74. The second kappa shape index (κ2) is 4.45. The molecule has 2 heteroatoms. The summed E-state index contributed by atoms with van der Waals surface area (Å²) in [4.78, 5) is 11.2. The van der Waals surface area contributed by atoms with Gasteiger partial charge in [-0.3, -0.25) is 0 Å². The molecule has 0 amide bonds. The summed E-state index contributed by atoms with van der Waals surface area (Å²) in [5, 5.41) is 0. The van der Waals surface area contributed by atoms with Gasteiger partial charge in [0.15, 0.2) is 0 Å². The van der Waals surface area contributed by atoms with Gasteiger partial charge in [-0.2, -0.15) is 0 Å². The fourth-order valence-electron chi connectivity index (χ4n) is 1.23. The van der Waals surface area contributed by atoms with Crippen LogP contribution in [-0.4, -0.2) is 11.6 Å². The van der Waals surface area contributed by atoms with Gasteiger partial charge in [0.2, 0.25) is 0 Å². The molecule has 0 saturated heterocycles. The lowest BCUT2D eigenvalue weighted by Gasteiger charge is -2.26. The van der Waals surface area contributed by atoms with Gasteiger partial charge in [-0.05, 0) is 33.1 Å². The van der Waals surface area contributed by atoms with E-state index in [0.29, 0.717) is 5.57 Å². The van der Waals surface area contributed by atoms with E-state index < -0.39 is 5.60 Å². The largest absolute Gasteiger partial charge is 0.456 e. The molecule has 0 spiro atoms. The van der Waals surface area contributed by atoms with Crippen LogP contribution in [0.4, 0.5) is 0 Å². The van der Waals surface area contributed by atoms with Crippen LogP contribution in [0.2, 0.25) is 0 Å². The van der Waals surface area contributed by atoms with Crippen LogP contribution in [-0.2, 0) is 9.53 Å². The van der Waals surface area contributed by atoms with Crippen molar-refractivity contribution in [1.82, 2.24) is 0 Å². The Morgan fingerprint density at radius 3 is 2.08 bits per heavy atom. The molecule has 0 aromatic rings. The molecule has 0 aliphatic rings. The minimum absolute atomic E-state index is 0.314. The van der Waals surface area contributed by atoms with E-state index in [1.807, 2.05) is 27.7 Å². The predicted molar refractivity (Wildman–Crippen MR) is 54.2 cm³/mol. The normalized spacial score (nSPS) is 11.5. The summed E-state index contributed by atoms with van der Waals surface area (Å²) in [6, 6.07) is 0. The maximum absolute atomic E-state index is 11.2. The van der Waals surface area contributed by atoms with Crippen LogP contribution in [0, 0.1) is 5.92 Å². The van der Waals surface area contributed by atoms with Crippen LogP contribution in [0.1, 0.15) is 41.0 Å². The van der Waals surface area contributed by atoms with Gasteiger partial charge in [-0.1, -0.05) is 20.4 Å². The Kier molecular flexibility index (Phi) is 4.18. The van der Waals surface area contributed by atoms with E-state index in [1.54, 1.807) is 6.92 Å². The van der Waals surface area contributed by atoms with E-state index in [4.69, 9.17) is 4.74 Å². The standard InChI is InChI=1S/C11H19O2/c1-8(2)7-11(5,6)13-10(12)9(3)4/h3,7H2,1-2,4-6H3. The number of esters is 1. The van der Waals surface area contributed by atoms with Crippen LogP contribution in [0.3, 0.4) is 0 Å². The smallest absolute Gasteiger partial charge is 0.333 e. The van der Waals surface area contributed by atoms with Crippen LogP contribution in [0.5, 0.6) is 0 Å². The van der Waals surface area contributed by atoms with Crippen molar-refractivity contribution in [3.8, 4) is 0 Å². The van der Waals surface area contributed by atoms with Crippen molar-refractivity contribution >= 4 is 5.97 Å². The first kappa shape index (κ1) is 12.2. The van der Waals surface area contributed by atoms with E-state index in [0.717, 1.165) is 6.42 Å². The zero-order chi connectivity index (χ0) is 10.6. The van der Waals surface area contributed by atoms with Gasteiger partial charge >= 0.3 is 5.97 Å². The maximum atomic E-state index is 11.2. The number of hydrogen-bond acceptors (Lipinski definition) is 2. The first-order valence-corrected chi connectivity index (χ1v) is 4.42. The predicted octanol–water partition coefficient (Wildman–Crippen LogP) is 2.89. The SMILES string of the molecule is C=C(C)C(=O)OC(C)(C)C[C](C)C. The zero-order valence-corrected chi connectivity index (χ0v) is 9.23. The summed E-state index contributed by atoms with van der Waals surface area (Å²) >= 11 is 0. The third kappa shape index (κ3) is 5.45. The van der Waals surface area contributed by atoms with Crippen molar-refractivity contribution in [1.29, 1.82) is 0 Å². The van der Waals surface area contributed by atoms with E-state index in [1.165, 1.54) is 5.92 Å². The van der Waals surface area contributed by atoms with Gasteiger partial charge in [0.25, 0.3) is 0 Å². The van der Waals surface area contributed by atoms with Crippen molar-refractivity contribution in [3.05, 3.63) is 18.1 Å². The van der Waals surface area contributed by atoms with Gasteiger partial charge in [0, 0.05) is 5.57 Å². The quantitative estimate of drug-likeness (QED) is 0.495. The summed E-state index contributed by atoms with van der Waals surface area (Å²) < 4.78 is 5.25. The average molecular weight is 183 g/mol. The summed E-state index contributed by atoms with van der Waals surface area (Å²) in [5.41, 5.74) is 0.0244. The summed E-state index contributed by atoms with van der Waals surface area (Å²) in [6.07, 6.45) is 0.784. The van der Waals surface area contributed by atoms with Crippen LogP contribution in [0.15, 0.2) is 12.2 Å². The molecule has 1 radical (unpaired) electrons. The van der Waals surface area contributed by atoms with Gasteiger partial charge < -0.3 is 4.74 Å². The van der Waals surface area contributed by atoms with Gasteiger partial charge in [-0.15, -0.1) is 0 Å². The Morgan fingerprint density at radius 1 is 1.31 bits per heavy atom. The second-order valence-electron chi connectivity index (χ2n) is 4.31. The first-order valence-electron chi connectivity index (χ1n) is 4.42. The Morgan fingerprint density at radius 2 is 1.77 bits per heavy atom. The van der Waals surface area contributed by atoms with Gasteiger partial charge in [0.1, 0.15) is 5.60 Å². The van der Waals surface area contributed by atoms with Crippen molar-refractivity contribution in [2.75, 3.05) is 0 Å². The van der Waals surface area contributed by atoms with Crippen molar-refractivity contribution in [2.45, 2.75) is 46.6 Å². The highest BCUT2D eigenvalue weighted by Gasteiger charge is 2.24. The van der Waals surface area contributed by atoms with Crippen molar-refractivity contribution in [2.24, 2.45) is 0 Å². The highest BCUT2D eigenvalue weighted by atomic mass is 16.6. The van der Waals surface area contributed by atoms with Crippen molar-refractivity contribution in [3.63, 3.8) is 0 Å². The van der Waals surface area contributed by atoms with E-state index in [-0.39, 0.29) is 5.97 Å². The van der Waals surface area contributed by atoms with Crippen LogP contribution < -0.4 is 0 Å². The lowest BCUT2D eigenvalue weighted by molar-refractivity contribution is -0.151. The second-order valence-corrected chi connectivity index (χ2v) is 4.31. The molecule has 13 heavy (non-hydrogen) atoms. The molecule has 0 aliphatic carbocycles. The minimum atomic E-state index is -0.422. The zero-order valence-electron chi connectivity index (χ0n) is 9.23. The molecule has 0 N–H and O–H groups in total. The molecule has 0 aromatic heterocycles. The van der Waals surface area contributed by atoms with E-state index in [9.17, 15) is 4.79 Å². The van der Waals surface area contributed by atoms with Gasteiger partial charge in [0.05, 0.1) is 0 Å². The molecule has 0 saturated carbocycles. The highest BCUT2D eigenvalue weighted by Crippen LogP contribution is 2.22. The van der Waals surface area contributed by atoms with E-state index in [2.05, 4.69) is 6.58 Å². The molecule has 2 nitrogen and oxygen atoms in total. The maximum Gasteiger partial charge on any atom is 0.333 e. The van der Waals surface area contributed by atoms with Gasteiger partial charge in [-0.25, -0.2) is 4.79 Å². The molecular formula is C11H19O2. The topological polar surface area (TPSA) is 26.3 Å². The molecule has 75 valence electrons. The molecule has 0 aromatic carbocycles. The summed E-state index contributed by atoms with van der Waals surface area (Å²) in [7, 11) is 0. The number of carbonyl (C=O) groups is 1. The molecule has 0 atom stereocenters. The third-order valence-corrected chi connectivity index (χ3v) is 1.50. The summed E-state index contributed by atoms with van der Waals surface area (Å²) in [5.74, 6) is 0.936. The summed E-state index contributed by atoms with van der Waals surface area (Å²) in [6.45, 7) is 13.0. The Bertz CT molecular complexity index is 202. The average Bonchev–Trinajstić information content (AvgIpc) is 1.81.